The summed E-state index contributed by atoms with van der Waals surface area (Å²) >= 11 is 0. The van der Waals surface area contributed by atoms with E-state index >= 15 is 0 Å². The van der Waals surface area contributed by atoms with E-state index in [1.165, 1.54) is 11.1 Å². The van der Waals surface area contributed by atoms with E-state index in [2.05, 4.69) is 12.1 Å². The van der Waals surface area contributed by atoms with E-state index in [0.717, 1.165) is 13.0 Å². The molecule has 0 fully saturated rings. The predicted octanol–water partition coefficient (Wildman–Crippen LogP) is 2.44. The summed E-state index contributed by atoms with van der Waals surface area (Å²) in [5.74, 6) is -1.25. The van der Waals surface area contributed by atoms with Gasteiger partial charge in [0.1, 0.15) is 0 Å². The Labute approximate surface area is 136 Å². The zero-order chi connectivity index (χ0) is 16.8. The first kappa shape index (κ1) is 17.1. The van der Waals surface area contributed by atoms with E-state index in [-0.39, 0.29) is 18.8 Å². The maximum absolute atomic E-state index is 12.2. The standard InChI is InChI=1S/C18H23NO4/c1-4-22-17(20)16(18(21)23-5-2)13(3)19-11-10-14-8-6-7-9-15(14)12-19/h6-9H,4-5,10-12H2,1-3H3. The number of ether oxygens (including phenoxy) is 2. The smallest absolute Gasteiger partial charge is 0.347 e. The molecule has 0 saturated carbocycles. The number of hydrogen-bond donors (Lipinski definition) is 0. The van der Waals surface area contributed by atoms with Crippen LogP contribution in [0.5, 0.6) is 0 Å². The van der Waals surface area contributed by atoms with Gasteiger partial charge in [0.15, 0.2) is 5.57 Å². The highest BCUT2D eigenvalue weighted by Gasteiger charge is 2.28. The molecule has 1 aromatic rings. The van der Waals surface area contributed by atoms with Crippen molar-refractivity contribution in [1.29, 1.82) is 0 Å². The van der Waals surface area contributed by atoms with E-state index in [1.54, 1.807) is 20.8 Å². The van der Waals surface area contributed by atoms with Crippen LogP contribution in [0.4, 0.5) is 0 Å². The number of fused-ring (bicyclic) bond motifs is 1. The molecule has 5 heteroatoms. The van der Waals surface area contributed by atoms with Crippen LogP contribution in [0.1, 0.15) is 31.9 Å². The largest absolute Gasteiger partial charge is 0.462 e. The van der Waals surface area contributed by atoms with Crippen molar-refractivity contribution in [2.75, 3.05) is 19.8 Å². The summed E-state index contributed by atoms with van der Waals surface area (Å²) in [7, 11) is 0. The molecule has 0 spiro atoms. The number of carbonyl (C=O) groups is 2. The predicted molar refractivity (Wildman–Crippen MR) is 86.5 cm³/mol. The van der Waals surface area contributed by atoms with Crippen molar-refractivity contribution < 1.29 is 19.1 Å². The van der Waals surface area contributed by atoms with Gasteiger partial charge in [-0.2, -0.15) is 0 Å². The summed E-state index contributed by atoms with van der Waals surface area (Å²) < 4.78 is 10.1. The van der Waals surface area contributed by atoms with Gasteiger partial charge in [0.2, 0.25) is 0 Å². The van der Waals surface area contributed by atoms with E-state index in [4.69, 9.17) is 9.47 Å². The molecule has 0 unspecified atom stereocenters. The Kier molecular flexibility index (Phi) is 5.79. The van der Waals surface area contributed by atoms with Crippen LogP contribution in [0.2, 0.25) is 0 Å². The molecular weight excluding hydrogens is 294 g/mol. The first-order valence-electron chi connectivity index (χ1n) is 7.95. The molecule has 23 heavy (non-hydrogen) atoms. The average Bonchev–Trinajstić information content (AvgIpc) is 2.55. The summed E-state index contributed by atoms with van der Waals surface area (Å²) in [5, 5.41) is 0. The third-order valence-corrected chi connectivity index (χ3v) is 3.93. The molecule has 1 heterocycles. The minimum Gasteiger partial charge on any atom is -0.462 e. The molecule has 0 saturated heterocycles. The zero-order valence-electron chi connectivity index (χ0n) is 13.9. The fraction of sp³-hybridized carbons (Fsp3) is 0.444. The van der Waals surface area contributed by atoms with Crippen LogP contribution in [-0.2, 0) is 32.0 Å². The van der Waals surface area contributed by atoms with Crippen LogP contribution in [0.25, 0.3) is 0 Å². The highest BCUT2D eigenvalue weighted by atomic mass is 16.6. The number of nitrogens with zero attached hydrogens (tertiary/aromatic N) is 1. The summed E-state index contributed by atoms with van der Waals surface area (Å²) in [6.07, 6.45) is 0.881. The van der Waals surface area contributed by atoms with Crippen LogP contribution in [0.15, 0.2) is 35.5 Å². The fourth-order valence-corrected chi connectivity index (χ4v) is 2.73. The van der Waals surface area contributed by atoms with E-state index in [0.29, 0.717) is 12.2 Å². The van der Waals surface area contributed by atoms with Crippen LogP contribution in [0.3, 0.4) is 0 Å². The van der Waals surface area contributed by atoms with Crippen molar-refractivity contribution in [3.8, 4) is 0 Å². The van der Waals surface area contributed by atoms with Gasteiger partial charge in [-0.3, -0.25) is 0 Å². The van der Waals surface area contributed by atoms with Crippen LogP contribution in [-0.4, -0.2) is 36.6 Å². The average molecular weight is 317 g/mol. The number of hydrogen-bond acceptors (Lipinski definition) is 5. The topological polar surface area (TPSA) is 55.8 Å². The van der Waals surface area contributed by atoms with Gasteiger partial charge in [-0.1, -0.05) is 24.3 Å². The van der Waals surface area contributed by atoms with E-state index < -0.39 is 11.9 Å². The van der Waals surface area contributed by atoms with Crippen LogP contribution >= 0.6 is 0 Å². The Bertz CT molecular complexity index is 601. The van der Waals surface area contributed by atoms with Gasteiger partial charge in [-0.05, 0) is 38.3 Å². The molecule has 0 N–H and O–H groups in total. The lowest BCUT2D eigenvalue weighted by Gasteiger charge is -2.32. The highest BCUT2D eigenvalue weighted by molar-refractivity contribution is 6.14. The van der Waals surface area contributed by atoms with Crippen molar-refractivity contribution in [2.45, 2.75) is 33.7 Å². The highest BCUT2D eigenvalue weighted by Crippen LogP contribution is 2.24. The molecular formula is C18H23NO4. The van der Waals surface area contributed by atoms with Gasteiger partial charge in [-0.25, -0.2) is 9.59 Å². The van der Waals surface area contributed by atoms with Gasteiger partial charge in [0.05, 0.1) is 13.2 Å². The normalized spacial score (nSPS) is 13.1. The number of benzene rings is 1. The van der Waals surface area contributed by atoms with Crippen molar-refractivity contribution in [1.82, 2.24) is 4.90 Å². The van der Waals surface area contributed by atoms with Crippen molar-refractivity contribution in [3.05, 3.63) is 46.7 Å². The lowest BCUT2D eigenvalue weighted by Crippen LogP contribution is -2.32. The molecule has 0 amide bonds. The van der Waals surface area contributed by atoms with Gasteiger partial charge in [0, 0.05) is 18.8 Å². The Hall–Kier alpha value is -2.30. The minimum absolute atomic E-state index is 0.00641. The van der Waals surface area contributed by atoms with E-state index in [9.17, 15) is 9.59 Å². The molecule has 0 atom stereocenters. The molecule has 2 rings (SSSR count). The minimum atomic E-state index is -0.623. The van der Waals surface area contributed by atoms with Gasteiger partial charge in [0.25, 0.3) is 0 Å². The molecule has 1 aromatic carbocycles. The summed E-state index contributed by atoms with van der Waals surface area (Å²) in [6, 6.07) is 8.21. The fourth-order valence-electron chi connectivity index (χ4n) is 2.73. The van der Waals surface area contributed by atoms with Gasteiger partial charge in [-0.15, -0.1) is 0 Å². The Balaban J connectivity index is 2.31. The lowest BCUT2D eigenvalue weighted by molar-refractivity contribution is -0.146. The first-order chi connectivity index (χ1) is 11.1. The summed E-state index contributed by atoms with van der Waals surface area (Å²) in [4.78, 5) is 26.4. The van der Waals surface area contributed by atoms with Crippen molar-refractivity contribution in [2.24, 2.45) is 0 Å². The molecule has 0 aromatic heterocycles. The summed E-state index contributed by atoms with van der Waals surface area (Å²) in [5.41, 5.74) is 3.13. The van der Waals surface area contributed by atoms with Crippen LogP contribution < -0.4 is 0 Å². The van der Waals surface area contributed by atoms with Gasteiger partial charge >= 0.3 is 11.9 Å². The zero-order valence-corrected chi connectivity index (χ0v) is 13.9. The SMILES string of the molecule is CCOC(=O)C(C(=O)OCC)=C(C)N1CCc2ccccc2C1. The number of esters is 2. The summed E-state index contributed by atoms with van der Waals surface area (Å²) in [6.45, 7) is 7.07. The molecule has 0 radical (unpaired) electrons. The Morgan fingerprint density at radius 2 is 1.61 bits per heavy atom. The lowest BCUT2D eigenvalue weighted by atomic mass is 9.99. The Morgan fingerprint density at radius 3 is 2.17 bits per heavy atom. The monoisotopic (exact) mass is 317 g/mol. The second kappa shape index (κ2) is 7.81. The molecule has 0 aliphatic carbocycles. The molecule has 0 bridgehead atoms. The maximum Gasteiger partial charge on any atom is 0.347 e. The second-order valence-electron chi connectivity index (χ2n) is 5.34. The third-order valence-electron chi connectivity index (χ3n) is 3.93. The van der Waals surface area contributed by atoms with E-state index in [1.807, 2.05) is 17.0 Å². The third kappa shape index (κ3) is 3.92. The maximum atomic E-state index is 12.2. The van der Waals surface area contributed by atoms with Crippen LogP contribution in [0, 0.1) is 0 Å². The van der Waals surface area contributed by atoms with Crippen molar-refractivity contribution >= 4 is 11.9 Å². The molecule has 1 aliphatic heterocycles. The molecule has 5 nitrogen and oxygen atoms in total. The Morgan fingerprint density at radius 1 is 1.04 bits per heavy atom. The molecule has 1 aliphatic rings. The first-order valence-corrected chi connectivity index (χ1v) is 7.95. The number of allylic oxidation sites excluding steroid dienone is 1. The second-order valence-corrected chi connectivity index (χ2v) is 5.34. The number of rotatable bonds is 5. The van der Waals surface area contributed by atoms with Gasteiger partial charge < -0.3 is 14.4 Å². The number of carbonyl (C=O) groups excluding carboxylic acids is 2. The molecule has 124 valence electrons. The van der Waals surface area contributed by atoms with Crippen molar-refractivity contribution in [3.63, 3.8) is 0 Å². The quantitative estimate of drug-likeness (QED) is 0.361.